The Morgan fingerprint density at radius 1 is 1.29 bits per heavy atom. The lowest BCUT2D eigenvalue weighted by molar-refractivity contribution is -0.182. The number of anilines is 1. The summed E-state index contributed by atoms with van der Waals surface area (Å²) in [4.78, 5) is 3.91. The van der Waals surface area contributed by atoms with Crippen molar-refractivity contribution >= 4 is 15.8 Å². The Morgan fingerprint density at radius 3 is 2.33 bits per heavy atom. The summed E-state index contributed by atoms with van der Waals surface area (Å²) in [5, 5.41) is 2.76. The summed E-state index contributed by atoms with van der Waals surface area (Å²) in [7, 11) is -2.13. The first-order chi connectivity index (χ1) is 9.75. The number of hydrogen-bond donors (Lipinski definition) is 1. The molecule has 21 heavy (non-hydrogen) atoms. The Kier molecular flexibility index (Phi) is 4.43. The van der Waals surface area contributed by atoms with E-state index in [1.807, 2.05) is 0 Å². The molecule has 5 nitrogen and oxygen atoms in total. The summed E-state index contributed by atoms with van der Waals surface area (Å²) in [5.74, 6) is -0.904. The predicted octanol–water partition coefficient (Wildman–Crippen LogP) is 2.09. The number of nitrogens with zero attached hydrogens (tertiary/aromatic N) is 2. The van der Waals surface area contributed by atoms with Crippen molar-refractivity contribution in [2.24, 2.45) is 5.92 Å². The standard InChI is InChI=1S/C12H16F3N3O2S/c1-16-11-3-2-10(8-17-11)21(19,20)18-6-4-9(5-7-18)12(13,14)15/h2-3,8-9H,4-7H2,1H3,(H,16,17). The number of nitrogens with one attached hydrogen (secondary N) is 1. The van der Waals surface area contributed by atoms with Gasteiger partial charge in [0.1, 0.15) is 10.7 Å². The van der Waals surface area contributed by atoms with Crippen LogP contribution in [0.5, 0.6) is 0 Å². The van der Waals surface area contributed by atoms with Crippen LogP contribution in [0.1, 0.15) is 12.8 Å². The highest BCUT2D eigenvalue weighted by Crippen LogP contribution is 2.35. The summed E-state index contributed by atoms with van der Waals surface area (Å²) in [5.41, 5.74) is 0. The van der Waals surface area contributed by atoms with Crippen molar-refractivity contribution in [1.82, 2.24) is 9.29 Å². The second-order valence-corrected chi connectivity index (χ2v) is 6.79. The van der Waals surface area contributed by atoms with Crippen molar-refractivity contribution in [3.05, 3.63) is 18.3 Å². The Balaban J connectivity index is 2.11. The highest BCUT2D eigenvalue weighted by atomic mass is 32.2. The van der Waals surface area contributed by atoms with Crippen LogP contribution >= 0.6 is 0 Å². The second kappa shape index (κ2) is 5.80. The summed E-state index contributed by atoms with van der Waals surface area (Å²) < 4.78 is 63.5. The highest BCUT2D eigenvalue weighted by Gasteiger charge is 2.43. The van der Waals surface area contributed by atoms with E-state index in [0.717, 1.165) is 4.31 Å². The molecule has 0 aliphatic carbocycles. The minimum absolute atomic E-state index is 0.00745. The third-order valence-electron chi connectivity index (χ3n) is 3.55. The molecule has 0 unspecified atom stereocenters. The highest BCUT2D eigenvalue weighted by molar-refractivity contribution is 7.89. The van der Waals surface area contributed by atoms with Gasteiger partial charge in [-0.2, -0.15) is 17.5 Å². The van der Waals surface area contributed by atoms with Crippen molar-refractivity contribution in [1.29, 1.82) is 0 Å². The van der Waals surface area contributed by atoms with Gasteiger partial charge in [-0.1, -0.05) is 0 Å². The van der Waals surface area contributed by atoms with Gasteiger partial charge >= 0.3 is 6.18 Å². The number of hydrogen-bond acceptors (Lipinski definition) is 4. The van der Waals surface area contributed by atoms with Gasteiger partial charge < -0.3 is 5.32 Å². The maximum Gasteiger partial charge on any atom is 0.391 e. The zero-order valence-corrected chi connectivity index (χ0v) is 12.2. The molecule has 0 radical (unpaired) electrons. The molecule has 118 valence electrons. The van der Waals surface area contributed by atoms with Gasteiger partial charge in [-0.15, -0.1) is 0 Å². The van der Waals surface area contributed by atoms with Gasteiger partial charge in [-0.3, -0.25) is 0 Å². The summed E-state index contributed by atoms with van der Waals surface area (Å²) in [6, 6.07) is 2.90. The average Bonchev–Trinajstić information content (AvgIpc) is 2.46. The van der Waals surface area contributed by atoms with Crippen molar-refractivity contribution in [2.45, 2.75) is 23.9 Å². The van der Waals surface area contributed by atoms with Gasteiger partial charge in [0.25, 0.3) is 0 Å². The van der Waals surface area contributed by atoms with Crippen molar-refractivity contribution in [2.75, 3.05) is 25.5 Å². The molecule has 1 aliphatic rings. The molecular formula is C12H16F3N3O2S. The summed E-state index contributed by atoms with van der Waals surface area (Å²) in [6.45, 7) is -0.249. The molecule has 0 bridgehead atoms. The smallest absolute Gasteiger partial charge is 0.373 e. The number of piperidine rings is 1. The minimum Gasteiger partial charge on any atom is -0.373 e. The lowest BCUT2D eigenvalue weighted by Crippen LogP contribution is -2.42. The number of halogens is 3. The Hall–Kier alpha value is -1.35. The molecule has 0 amide bonds. The van der Waals surface area contributed by atoms with Crippen LogP contribution < -0.4 is 5.32 Å². The van der Waals surface area contributed by atoms with Gasteiger partial charge in [0, 0.05) is 26.3 Å². The van der Waals surface area contributed by atoms with E-state index in [0.29, 0.717) is 5.82 Å². The predicted molar refractivity (Wildman–Crippen MR) is 71.3 cm³/mol. The Labute approximate surface area is 121 Å². The normalized spacial score (nSPS) is 18.7. The molecule has 9 heteroatoms. The van der Waals surface area contributed by atoms with E-state index in [9.17, 15) is 21.6 Å². The molecule has 1 saturated heterocycles. The molecule has 2 rings (SSSR count). The molecule has 2 heterocycles. The lowest BCUT2D eigenvalue weighted by atomic mass is 9.98. The number of sulfonamides is 1. The summed E-state index contributed by atoms with van der Waals surface area (Å²) in [6.07, 6.45) is -3.46. The third kappa shape index (κ3) is 3.46. The Morgan fingerprint density at radius 2 is 1.90 bits per heavy atom. The first-order valence-electron chi connectivity index (χ1n) is 6.46. The van der Waals surface area contributed by atoms with E-state index in [-0.39, 0.29) is 30.8 Å². The second-order valence-electron chi connectivity index (χ2n) is 4.85. The van der Waals surface area contributed by atoms with Crippen LogP contribution in [0.3, 0.4) is 0 Å². The first kappa shape index (κ1) is 16.0. The Bertz CT molecular complexity index is 579. The van der Waals surface area contributed by atoms with Crippen LogP contribution in [0.25, 0.3) is 0 Å². The van der Waals surface area contributed by atoms with E-state index >= 15 is 0 Å². The van der Waals surface area contributed by atoms with Crippen LogP contribution in [0.15, 0.2) is 23.2 Å². The topological polar surface area (TPSA) is 62.3 Å². The summed E-state index contributed by atoms with van der Waals surface area (Å²) >= 11 is 0. The zero-order valence-electron chi connectivity index (χ0n) is 11.4. The van der Waals surface area contributed by atoms with Crippen LogP contribution in [-0.4, -0.2) is 44.0 Å². The molecule has 0 saturated carbocycles. The van der Waals surface area contributed by atoms with Crippen molar-refractivity contribution in [3.63, 3.8) is 0 Å². The molecule has 0 aromatic carbocycles. The number of rotatable bonds is 3. The lowest BCUT2D eigenvalue weighted by Gasteiger charge is -2.32. The maximum absolute atomic E-state index is 12.6. The molecule has 1 N–H and O–H groups in total. The van der Waals surface area contributed by atoms with Crippen molar-refractivity contribution < 1.29 is 21.6 Å². The molecule has 1 aromatic heterocycles. The van der Waals surface area contributed by atoms with Gasteiger partial charge in [0.2, 0.25) is 10.0 Å². The fraction of sp³-hybridized carbons (Fsp3) is 0.583. The molecule has 1 aromatic rings. The van der Waals surface area contributed by atoms with Gasteiger partial charge in [0.15, 0.2) is 0 Å². The fourth-order valence-electron chi connectivity index (χ4n) is 2.25. The van der Waals surface area contributed by atoms with Gasteiger partial charge in [0.05, 0.1) is 5.92 Å². The third-order valence-corrected chi connectivity index (χ3v) is 5.43. The van der Waals surface area contributed by atoms with Gasteiger partial charge in [-0.25, -0.2) is 13.4 Å². The molecule has 1 aliphatic heterocycles. The van der Waals surface area contributed by atoms with E-state index < -0.39 is 22.1 Å². The zero-order chi connectivity index (χ0) is 15.7. The van der Waals surface area contributed by atoms with Gasteiger partial charge in [-0.05, 0) is 25.0 Å². The van der Waals surface area contributed by atoms with Crippen LogP contribution in [0.2, 0.25) is 0 Å². The molecule has 0 atom stereocenters. The van der Waals surface area contributed by atoms with E-state index in [2.05, 4.69) is 10.3 Å². The van der Waals surface area contributed by atoms with E-state index in [1.54, 1.807) is 7.05 Å². The van der Waals surface area contributed by atoms with E-state index in [1.165, 1.54) is 18.3 Å². The van der Waals surface area contributed by atoms with Crippen LogP contribution in [0.4, 0.5) is 19.0 Å². The average molecular weight is 323 g/mol. The number of aromatic nitrogens is 1. The SMILES string of the molecule is CNc1ccc(S(=O)(=O)N2CCC(C(F)(F)F)CC2)cn1. The van der Waals surface area contributed by atoms with Crippen LogP contribution in [-0.2, 0) is 10.0 Å². The van der Waals surface area contributed by atoms with Crippen LogP contribution in [0, 0.1) is 5.92 Å². The number of pyridine rings is 1. The first-order valence-corrected chi connectivity index (χ1v) is 7.90. The molecular weight excluding hydrogens is 307 g/mol. The fourth-order valence-corrected chi connectivity index (χ4v) is 3.67. The monoisotopic (exact) mass is 323 g/mol. The minimum atomic E-state index is -4.26. The largest absolute Gasteiger partial charge is 0.391 e. The quantitative estimate of drug-likeness (QED) is 0.925. The number of alkyl halides is 3. The molecule has 1 fully saturated rings. The van der Waals surface area contributed by atoms with Crippen molar-refractivity contribution in [3.8, 4) is 0 Å². The maximum atomic E-state index is 12.6. The molecule has 0 spiro atoms. The van der Waals surface area contributed by atoms with E-state index in [4.69, 9.17) is 0 Å².